The second kappa shape index (κ2) is 7.52. The van der Waals surface area contributed by atoms with Gasteiger partial charge in [-0.25, -0.2) is 8.42 Å². The van der Waals surface area contributed by atoms with Crippen LogP contribution in [0, 0.1) is 27.7 Å². The van der Waals surface area contributed by atoms with Crippen LogP contribution in [0.15, 0.2) is 11.0 Å². The van der Waals surface area contributed by atoms with Crippen molar-refractivity contribution in [3.63, 3.8) is 0 Å². The SMILES string of the molecule is Cc1cc(C)c(C)c(S(=O)(=O)N2CCN(Cc3nnsc3Cl)CC2)c1C. The van der Waals surface area contributed by atoms with Crippen molar-refractivity contribution in [1.29, 1.82) is 0 Å². The lowest BCUT2D eigenvalue weighted by Crippen LogP contribution is -2.48. The summed E-state index contributed by atoms with van der Waals surface area (Å²) < 4.78 is 32.6. The summed E-state index contributed by atoms with van der Waals surface area (Å²) in [6, 6.07) is 2.05. The molecule has 0 saturated carbocycles. The molecule has 142 valence electrons. The molecule has 2 aromatic rings. The highest BCUT2D eigenvalue weighted by atomic mass is 35.5. The third-order valence-corrected chi connectivity index (χ3v) is 8.27. The van der Waals surface area contributed by atoms with Crippen LogP contribution in [0.5, 0.6) is 0 Å². The monoisotopic (exact) mass is 414 g/mol. The Labute approximate surface area is 164 Å². The molecule has 1 fully saturated rings. The van der Waals surface area contributed by atoms with Crippen LogP contribution >= 0.6 is 23.1 Å². The first-order valence-electron chi connectivity index (χ1n) is 8.48. The molecule has 1 saturated heterocycles. The van der Waals surface area contributed by atoms with E-state index in [1.807, 2.05) is 33.8 Å². The van der Waals surface area contributed by atoms with E-state index < -0.39 is 10.0 Å². The predicted octanol–water partition coefficient (Wildman–Crippen LogP) is 2.93. The molecule has 1 aromatic heterocycles. The number of nitrogens with zero attached hydrogens (tertiary/aromatic N) is 4. The van der Waals surface area contributed by atoms with Gasteiger partial charge in [0.15, 0.2) is 0 Å². The van der Waals surface area contributed by atoms with Gasteiger partial charge in [-0.15, -0.1) is 5.10 Å². The van der Waals surface area contributed by atoms with Crippen LogP contribution in [-0.2, 0) is 16.6 Å². The molecule has 0 bridgehead atoms. The zero-order valence-corrected chi connectivity index (χ0v) is 17.8. The number of aryl methyl sites for hydroxylation is 2. The summed E-state index contributed by atoms with van der Waals surface area (Å²) in [5.74, 6) is 0. The largest absolute Gasteiger partial charge is 0.295 e. The van der Waals surface area contributed by atoms with Gasteiger partial charge in [-0.2, -0.15) is 4.31 Å². The number of aromatic nitrogens is 2. The smallest absolute Gasteiger partial charge is 0.243 e. The highest BCUT2D eigenvalue weighted by Crippen LogP contribution is 2.29. The van der Waals surface area contributed by atoms with Gasteiger partial charge in [0.25, 0.3) is 0 Å². The van der Waals surface area contributed by atoms with E-state index in [1.165, 1.54) is 11.5 Å². The van der Waals surface area contributed by atoms with E-state index in [1.54, 1.807) is 4.31 Å². The molecular weight excluding hydrogens is 392 g/mol. The molecule has 9 heteroatoms. The topological polar surface area (TPSA) is 66.4 Å². The van der Waals surface area contributed by atoms with Crippen molar-refractivity contribution >= 4 is 33.2 Å². The number of sulfonamides is 1. The molecule has 6 nitrogen and oxygen atoms in total. The van der Waals surface area contributed by atoms with Gasteiger partial charge in [0.05, 0.1) is 4.90 Å². The van der Waals surface area contributed by atoms with Crippen molar-refractivity contribution in [3.8, 4) is 0 Å². The Kier molecular flexibility index (Phi) is 5.69. The third kappa shape index (κ3) is 3.66. The number of halogens is 1. The lowest BCUT2D eigenvalue weighted by molar-refractivity contribution is 0.180. The molecule has 26 heavy (non-hydrogen) atoms. The van der Waals surface area contributed by atoms with Crippen LogP contribution < -0.4 is 0 Å². The number of hydrogen-bond acceptors (Lipinski definition) is 6. The maximum absolute atomic E-state index is 13.3. The first-order valence-corrected chi connectivity index (χ1v) is 11.1. The van der Waals surface area contributed by atoms with Crippen LogP contribution in [0.25, 0.3) is 0 Å². The van der Waals surface area contributed by atoms with Crippen molar-refractivity contribution in [1.82, 2.24) is 18.8 Å². The standard InChI is InChI=1S/C17H23ClN4O2S2/c1-11-9-12(2)14(4)16(13(11)3)26(23,24)22-7-5-21(6-8-22)10-15-17(18)25-20-19-15/h9H,5-8,10H2,1-4H3. The van der Waals surface area contributed by atoms with E-state index in [4.69, 9.17) is 11.6 Å². The second-order valence-corrected chi connectivity index (χ2v) is 9.99. The van der Waals surface area contributed by atoms with Crippen LogP contribution in [0.1, 0.15) is 27.9 Å². The van der Waals surface area contributed by atoms with Gasteiger partial charge in [0, 0.05) is 44.3 Å². The van der Waals surface area contributed by atoms with Gasteiger partial charge in [-0.3, -0.25) is 4.90 Å². The number of benzene rings is 1. The molecule has 0 radical (unpaired) electrons. The van der Waals surface area contributed by atoms with E-state index in [0.29, 0.717) is 42.0 Å². The summed E-state index contributed by atoms with van der Waals surface area (Å²) in [7, 11) is -3.51. The number of piperazine rings is 1. The Balaban J connectivity index is 1.78. The number of hydrogen-bond donors (Lipinski definition) is 0. The molecule has 0 atom stereocenters. The highest BCUT2D eigenvalue weighted by molar-refractivity contribution is 7.89. The molecule has 1 aromatic carbocycles. The number of rotatable bonds is 4. The molecule has 1 aliphatic heterocycles. The first kappa shape index (κ1) is 19.7. The summed E-state index contributed by atoms with van der Waals surface area (Å²) in [5, 5.41) is 4.03. The Morgan fingerprint density at radius 2 is 1.65 bits per heavy atom. The normalized spacial score (nSPS) is 17.0. The van der Waals surface area contributed by atoms with Crippen LogP contribution in [0.3, 0.4) is 0 Å². The van der Waals surface area contributed by atoms with E-state index in [9.17, 15) is 8.42 Å². The maximum Gasteiger partial charge on any atom is 0.243 e. The molecule has 0 N–H and O–H groups in total. The van der Waals surface area contributed by atoms with Gasteiger partial charge in [-0.1, -0.05) is 22.2 Å². The molecule has 0 unspecified atom stereocenters. The van der Waals surface area contributed by atoms with Crippen LogP contribution in [0.4, 0.5) is 0 Å². The quantitative estimate of drug-likeness (QED) is 0.769. The molecule has 0 aliphatic carbocycles. The van der Waals surface area contributed by atoms with E-state index in [0.717, 1.165) is 27.9 Å². The minimum Gasteiger partial charge on any atom is -0.295 e. The van der Waals surface area contributed by atoms with E-state index >= 15 is 0 Å². The second-order valence-electron chi connectivity index (χ2n) is 6.76. The Morgan fingerprint density at radius 3 is 2.15 bits per heavy atom. The lowest BCUT2D eigenvalue weighted by Gasteiger charge is -2.34. The lowest BCUT2D eigenvalue weighted by atomic mass is 10.0. The first-order chi connectivity index (χ1) is 12.2. The van der Waals surface area contributed by atoms with Gasteiger partial charge in [-0.05, 0) is 49.9 Å². The summed E-state index contributed by atoms with van der Waals surface area (Å²) >= 11 is 7.24. The zero-order chi connectivity index (χ0) is 19.1. The minimum absolute atomic E-state index is 0.462. The minimum atomic E-state index is -3.51. The molecule has 3 rings (SSSR count). The van der Waals surface area contributed by atoms with Gasteiger partial charge < -0.3 is 0 Å². The fraction of sp³-hybridized carbons (Fsp3) is 0.529. The molecule has 0 spiro atoms. The van der Waals surface area contributed by atoms with Gasteiger partial charge in [0.2, 0.25) is 10.0 Å². The third-order valence-electron chi connectivity index (χ3n) is 5.11. The van der Waals surface area contributed by atoms with Crippen LogP contribution in [-0.4, -0.2) is 53.4 Å². The Bertz CT molecular complexity index is 893. The van der Waals surface area contributed by atoms with E-state index in [2.05, 4.69) is 14.5 Å². The highest BCUT2D eigenvalue weighted by Gasteiger charge is 2.32. The fourth-order valence-corrected chi connectivity index (χ4v) is 5.94. The average molecular weight is 415 g/mol. The summed E-state index contributed by atoms with van der Waals surface area (Å²) in [5.41, 5.74) is 4.47. The summed E-state index contributed by atoms with van der Waals surface area (Å²) in [6.45, 7) is 10.5. The van der Waals surface area contributed by atoms with Crippen molar-refractivity contribution in [3.05, 3.63) is 38.4 Å². The summed E-state index contributed by atoms with van der Waals surface area (Å²) in [4.78, 5) is 2.63. The molecular formula is C17H23ClN4O2S2. The van der Waals surface area contributed by atoms with Crippen molar-refractivity contribution in [2.75, 3.05) is 26.2 Å². The van der Waals surface area contributed by atoms with Gasteiger partial charge >= 0.3 is 0 Å². The molecule has 1 aliphatic rings. The van der Waals surface area contributed by atoms with E-state index in [-0.39, 0.29) is 0 Å². The maximum atomic E-state index is 13.3. The van der Waals surface area contributed by atoms with Crippen molar-refractivity contribution in [2.45, 2.75) is 39.1 Å². The molecule has 2 heterocycles. The van der Waals surface area contributed by atoms with Gasteiger partial charge in [0.1, 0.15) is 10.0 Å². The Morgan fingerprint density at radius 1 is 1.08 bits per heavy atom. The van der Waals surface area contributed by atoms with Crippen LogP contribution in [0.2, 0.25) is 4.34 Å². The average Bonchev–Trinajstić information content (AvgIpc) is 2.98. The van der Waals surface area contributed by atoms with Crippen molar-refractivity contribution in [2.24, 2.45) is 0 Å². The summed E-state index contributed by atoms with van der Waals surface area (Å²) in [6.07, 6.45) is 0. The fourth-order valence-electron chi connectivity index (χ4n) is 3.33. The molecule has 0 amide bonds. The zero-order valence-electron chi connectivity index (χ0n) is 15.4. The predicted molar refractivity (Wildman–Crippen MR) is 104 cm³/mol. The Hall–Kier alpha value is -1.06. The van der Waals surface area contributed by atoms with Crippen molar-refractivity contribution < 1.29 is 8.42 Å².